The van der Waals surface area contributed by atoms with Gasteiger partial charge in [-0.2, -0.15) is 5.26 Å². The van der Waals surface area contributed by atoms with E-state index in [1.54, 1.807) is 6.07 Å². The lowest BCUT2D eigenvalue weighted by Gasteiger charge is -2.28. The number of nitrogens with zero attached hydrogens (tertiary/aromatic N) is 1. The lowest BCUT2D eigenvalue weighted by atomic mass is 9.77. The van der Waals surface area contributed by atoms with Crippen molar-refractivity contribution in [2.24, 2.45) is 5.92 Å². The molecule has 1 aliphatic carbocycles. The molecule has 1 nitrogen and oxygen atoms in total. The molecule has 2 heteroatoms. The van der Waals surface area contributed by atoms with Gasteiger partial charge >= 0.3 is 0 Å². The van der Waals surface area contributed by atoms with Crippen LogP contribution in [0, 0.1) is 23.1 Å². The minimum absolute atomic E-state index is 0.125. The van der Waals surface area contributed by atoms with Crippen LogP contribution in [0.5, 0.6) is 0 Å². The van der Waals surface area contributed by atoms with Gasteiger partial charge in [0.1, 0.15) is 11.9 Å². The monoisotopic (exact) mass is 295 g/mol. The van der Waals surface area contributed by atoms with Crippen LogP contribution in [0.1, 0.15) is 62.5 Å². The summed E-state index contributed by atoms with van der Waals surface area (Å²) >= 11 is 0. The van der Waals surface area contributed by atoms with E-state index in [4.69, 9.17) is 5.26 Å². The third-order valence-electron chi connectivity index (χ3n) is 5.11. The summed E-state index contributed by atoms with van der Waals surface area (Å²) in [5, 5.41) is 10.4. The molecule has 0 unspecified atom stereocenters. The summed E-state index contributed by atoms with van der Waals surface area (Å²) in [6.07, 6.45) is 7.76. The van der Waals surface area contributed by atoms with Crippen LogP contribution in [0.4, 0.5) is 4.39 Å². The number of benzene rings is 2. The Labute approximate surface area is 131 Å². The van der Waals surface area contributed by atoms with Crippen molar-refractivity contribution in [2.45, 2.75) is 51.4 Å². The van der Waals surface area contributed by atoms with Crippen molar-refractivity contribution in [1.82, 2.24) is 0 Å². The molecule has 0 heterocycles. The van der Waals surface area contributed by atoms with Gasteiger partial charge in [-0.25, -0.2) is 4.39 Å². The van der Waals surface area contributed by atoms with E-state index in [0.29, 0.717) is 11.3 Å². The van der Waals surface area contributed by atoms with Gasteiger partial charge < -0.3 is 0 Å². The first-order valence-electron chi connectivity index (χ1n) is 8.35. The fraction of sp³-hybridized carbons (Fsp3) is 0.450. The minimum atomic E-state index is -0.391. The van der Waals surface area contributed by atoms with Crippen molar-refractivity contribution in [3.05, 3.63) is 47.3 Å². The van der Waals surface area contributed by atoms with Gasteiger partial charge in [-0.15, -0.1) is 0 Å². The van der Waals surface area contributed by atoms with Crippen molar-refractivity contribution in [3.63, 3.8) is 0 Å². The molecule has 2 aromatic carbocycles. The zero-order chi connectivity index (χ0) is 15.5. The average molecular weight is 295 g/mol. The number of rotatable bonds is 3. The molecule has 1 fully saturated rings. The normalized spacial score (nSPS) is 21.7. The standard InChI is InChI=1S/C20H22FN/c1-2-3-14-4-6-15(7-5-14)16-10-11-19-17(12-16)8-9-18(13-22)20(19)21/h8-12,14-15H,2-7H2,1H3. The highest BCUT2D eigenvalue weighted by molar-refractivity contribution is 5.85. The third kappa shape index (κ3) is 2.86. The highest BCUT2D eigenvalue weighted by Crippen LogP contribution is 2.38. The fourth-order valence-corrected chi connectivity index (χ4v) is 3.84. The van der Waals surface area contributed by atoms with Crippen molar-refractivity contribution in [2.75, 3.05) is 0 Å². The number of fused-ring (bicyclic) bond motifs is 1. The summed E-state index contributed by atoms with van der Waals surface area (Å²) in [6.45, 7) is 2.26. The van der Waals surface area contributed by atoms with Crippen LogP contribution in [0.15, 0.2) is 30.3 Å². The minimum Gasteiger partial charge on any atom is -0.205 e. The smallest absolute Gasteiger partial charge is 0.148 e. The Kier molecular flexibility index (Phi) is 4.43. The Balaban J connectivity index is 1.83. The van der Waals surface area contributed by atoms with E-state index in [2.05, 4.69) is 19.1 Å². The van der Waals surface area contributed by atoms with E-state index in [-0.39, 0.29) is 5.56 Å². The van der Waals surface area contributed by atoms with Crippen LogP contribution in [0.3, 0.4) is 0 Å². The predicted molar refractivity (Wildman–Crippen MR) is 88.2 cm³/mol. The molecule has 2 aromatic rings. The molecule has 0 aliphatic heterocycles. The van der Waals surface area contributed by atoms with Crippen LogP contribution in [-0.4, -0.2) is 0 Å². The van der Waals surface area contributed by atoms with Crippen LogP contribution < -0.4 is 0 Å². The van der Waals surface area contributed by atoms with Gasteiger partial charge in [0, 0.05) is 5.39 Å². The lowest BCUT2D eigenvalue weighted by molar-refractivity contribution is 0.308. The number of halogens is 1. The molecule has 0 amide bonds. The molecule has 22 heavy (non-hydrogen) atoms. The van der Waals surface area contributed by atoms with Crippen LogP contribution in [0.25, 0.3) is 10.8 Å². The molecule has 0 spiro atoms. The maximum atomic E-state index is 14.2. The second kappa shape index (κ2) is 6.48. The maximum absolute atomic E-state index is 14.2. The molecule has 0 N–H and O–H groups in total. The van der Waals surface area contributed by atoms with E-state index in [1.807, 2.05) is 18.2 Å². The SMILES string of the molecule is CCCC1CCC(c2ccc3c(F)c(C#N)ccc3c2)CC1. The zero-order valence-electron chi connectivity index (χ0n) is 13.1. The second-order valence-corrected chi connectivity index (χ2v) is 6.53. The highest BCUT2D eigenvalue weighted by Gasteiger charge is 2.22. The van der Waals surface area contributed by atoms with Crippen LogP contribution >= 0.6 is 0 Å². The Morgan fingerprint density at radius 1 is 1.14 bits per heavy atom. The van der Waals surface area contributed by atoms with E-state index in [1.165, 1.54) is 44.1 Å². The van der Waals surface area contributed by atoms with Crippen molar-refractivity contribution >= 4 is 10.8 Å². The molecular formula is C20H22FN. The fourth-order valence-electron chi connectivity index (χ4n) is 3.84. The molecule has 0 aromatic heterocycles. The van der Waals surface area contributed by atoms with E-state index < -0.39 is 5.82 Å². The molecule has 1 saturated carbocycles. The van der Waals surface area contributed by atoms with Gasteiger partial charge in [0.25, 0.3) is 0 Å². The molecular weight excluding hydrogens is 273 g/mol. The van der Waals surface area contributed by atoms with Gasteiger partial charge in [-0.1, -0.05) is 44.0 Å². The molecule has 0 radical (unpaired) electrons. The zero-order valence-corrected chi connectivity index (χ0v) is 13.1. The average Bonchev–Trinajstić information content (AvgIpc) is 2.56. The van der Waals surface area contributed by atoms with Crippen LogP contribution in [0.2, 0.25) is 0 Å². The van der Waals surface area contributed by atoms with E-state index in [0.717, 1.165) is 11.3 Å². The van der Waals surface area contributed by atoms with Gasteiger partial charge in [0.05, 0.1) is 5.56 Å². The predicted octanol–water partition coefficient (Wildman–Crippen LogP) is 5.92. The molecule has 3 rings (SSSR count). The quantitative estimate of drug-likeness (QED) is 0.689. The molecule has 114 valence electrons. The summed E-state index contributed by atoms with van der Waals surface area (Å²) in [5.74, 6) is 1.12. The summed E-state index contributed by atoms with van der Waals surface area (Å²) < 4.78 is 14.2. The first-order chi connectivity index (χ1) is 10.7. The maximum Gasteiger partial charge on any atom is 0.148 e. The third-order valence-corrected chi connectivity index (χ3v) is 5.11. The summed E-state index contributed by atoms with van der Waals surface area (Å²) in [4.78, 5) is 0. The van der Waals surface area contributed by atoms with Gasteiger partial charge in [0.15, 0.2) is 0 Å². The second-order valence-electron chi connectivity index (χ2n) is 6.53. The van der Waals surface area contributed by atoms with Gasteiger partial charge in [-0.05, 0) is 54.5 Å². The topological polar surface area (TPSA) is 23.8 Å². The number of hydrogen-bond acceptors (Lipinski definition) is 1. The number of nitriles is 1. The van der Waals surface area contributed by atoms with Crippen LogP contribution in [-0.2, 0) is 0 Å². The molecule has 0 bridgehead atoms. The Morgan fingerprint density at radius 3 is 2.59 bits per heavy atom. The summed E-state index contributed by atoms with van der Waals surface area (Å²) in [5.41, 5.74) is 1.45. The van der Waals surface area contributed by atoms with E-state index >= 15 is 0 Å². The first kappa shape index (κ1) is 15.0. The van der Waals surface area contributed by atoms with E-state index in [9.17, 15) is 4.39 Å². The number of hydrogen-bond donors (Lipinski definition) is 0. The first-order valence-corrected chi connectivity index (χ1v) is 8.35. The molecule has 0 atom stereocenters. The highest BCUT2D eigenvalue weighted by atomic mass is 19.1. The van der Waals surface area contributed by atoms with Crippen molar-refractivity contribution in [1.29, 1.82) is 5.26 Å². The van der Waals surface area contributed by atoms with Crippen molar-refractivity contribution in [3.8, 4) is 6.07 Å². The largest absolute Gasteiger partial charge is 0.205 e. The summed E-state index contributed by atoms with van der Waals surface area (Å²) in [7, 11) is 0. The Morgan fingerprint density at radius 2 is 1.91 bits per heavy atom. The van der Waals surface area contributed by atoms with Gasteiger partial charge in [0.2, 0.25) is 0 Å². The van der Waals surface area contributed by atoms with Gasteiger partial charge in [-0.3, -0.25) is 0 Å². The summed E-state index contributed by atoms with van der Waals surface area (Å²) in [6, 6.07) is 11.4. The molecule has 1 aliphatic rings. The van der Waals surface area contributed by atoms with Crippen molar-refractivity contribution < 1.29 is 4.39 Å². The lowest BCUT2D eigenvalue weighted by Crippen LogP contribution is -2.13. The Hall–Kier alpha value is -1.88. The Bertz CT molecular complexity index is 705. The molecule has 0 saturated heterocycles.